The molecular weight excluding hydrogens is 713 g/mol. The Balaban J connectivity index is 1.29. The molecule has 0 aromatic heterocycles. The molecule has 1 N–H and O–H groups in total. The van der Waals surface area contributed by atoms with Crippen LogP contribution in [0.15, 0.2) is 133 Å². The highest BCUT2D eigenvalue weighted by Gasteiger charge is 2.18. The first-order chi connectivity index (χ1) is 26.1. The molecule has 0 saturated carbocycles. The lowest BCUT2D eigenvalue weighted by Gasteiger charge is -2.15. The van der Waals surface area contributed by atoms with Crippen LogP contribution in [0, 0.1) is 11.8 Å². The van der Waals surface area contributed by atoms with Gasteiger partial charge in [-0.3, -0.25) is 5.43 Å². The summed E-state index contributed by atoms with van der Waals surface area (Å²) in [4.78, 5) is 62.1. The van der Waals surface area contributed by atoms with Gasteiger partial charge in [0.2, 0.25) is 0 Å². The molecule has 4 aromatic carbocycles. The van der Waals surface area contributed by atoms with Crippen LogP contribution in [0.25, 0.3) is 0 Å². The molecule has 0 spiro atoms. The molecule has 0 fully saturated rings. The molecule has 0 amide bonds. The predicted octanol–water partition coefficient (Wildman–Crippen LogP) is 5.99. The van der Waals surface area contributed by atoms with Gasteiger partial charge in [-0.15, -0.1) is 0 Å². The first-order valence-electron chi connectivity index (χ1n) is 16.0. The number of nitrogens with zero attached hydrogens (tertiary/aromatic N) is 1. The first kappa shape index (κ1) is 38.1. The number of benzene rings is 4. The Bertz CT molecular complexity index is 2230. The highest BCUT2D eigenvalue weighted by molar-refractivity contribution is 8.00. The molecule has 0 radical (unpaired) electrons. The van der Waals surface area contributed by atoms with Crippen molar-refractivity contribution in [1.29, 1.82) is 0 Å². The number of nitrogens with one attached hydrogen (secondary N) is 1. The molecule has 13 heteroatoms. The van der Waals surface area contributed by atoms with Gasteiger partial charge in [-0.05, 0) is 72.3 Å². The topological polar surface area (TPSA) is 156 Å². The largest absolute Gasteiger partial charge is 0.462 e. The summed E-state index contributed by atoms with van der Waals surface area (Å²) in [5.41, 5.74) is 5.32. The zero-order valence-corrected chi connectivity index (χ0v) is 29.3. The van der Waals surface area contributed by atoms with E-state index in [0.29, 0.717) is 11.1 Å². The van der Waals surface area contributed by atoms with Crippen molar-refractivity contribution in [3.63, 3.8) is 0 Å². The Morgan fingerprint density at radius 1 is 0.722 bits per heavy atom. The van der Waals surface area contributed by atoms with Crippen molar-refractivity contribution in [1.82, 2.24) is 5.43 Å². The number of esters is 5. The van der Waals surface area contributed by atoms with Gasteiger partial charge in [0.25, 0.3) is 0 Å². The molecule has 0 aliphatic carbocycles. The summed E-state index contributed by atoms with van der Waals surface area (Å²) in [5, 5.41) is 4.04. The number of thioether (sulfide) groups is 1. The second-order valence-corrected chi connectivity index (χ2v) is 12.0. The maximum atomic E-state index is 13.1. The molecule has 5 rings (SSSR count). The fourth-order valence-corrected chi connectivity index (χ4v) is 5.46. The number of rotatable bonds is 15. The van der Waals surface area contributed by atoms with E-state index in [1.807, 2.05) is 24.3 Å². The van der Waals surface area contributed by atoms with E-state index in [4.69, 9.17) is 23.7 Å². The Hall–Kier alpha value is -7.17. The number of carbonyl (C=O) groups is 5. The van der Waals surface area contributed by atoms with Crippen LogP contribution < -0.4 is 24.4 Å². The average molecular weight is 743 g/mol. The van der Waals surface area contributed by atoms with Gasteiger partial charge >= 0.3 is 29.8 Å². The van der Waals surface area contributed by atoms with E-state index < -0.39 is 29.8 Å². The quantitative estimate of drug-likeness (QED) is 0.0380. The van der Waals surface area contributed by atoms with Gasteiger partial charge in [0.05, 0.1) is 23.9 Å². The van der Waals surface area contributed by atoms with E-state index in [1.54, 1.807) is 18.2 Å². The monoisotopic (exact) mass is 742 g/mol. The van der Waals surface area contributed by atoms with E-state index in [1.165, 1.54) is 60.4 Å². The van der Waals surface area contributed by atoms with Crippen LogP contribution in [0.1, 0.15) is 37.4 Å². The summed E-state index contributed by atoms with van der Waals surface area (Å²) in [6.45, 7) is 9.97. The SMILES string of the molecule is C=CC(=O)Oc1ccc(C(=O)Oc2ccc(CCOC(=O)c3ccc(OC(=O)C=C)c(OC(=O)C=C)c3)cc2/C=N/NC2C#Cc3ccccc3S2)cc1. The van der Waals surface area contributed by atoms with Crippen molar-refractivity contribution in [3.8, 4) is 34.8 Å². The van der Waals surface area contributed by atoms with E-state index in [0.717, 1.165) is 28.7 Å². The van der Waals surface area contributed by atoms with Crippen molar-refractivity contribution in [2.45, 2.75) is 16.7 Å². The molecule has 54 heavy (non-hydrogen) atoms. The molecule has 1 aliphatic rings. The van der Waals surface area contributed by atoms with E-state index in [9.17, 15) is 24.0 Å². The number of hydrazone groups is 1. The van der Waals surface area contributed by atoms with Crippen LogP contribution in [0.4, 0.5) is 0 Å². The Labute approximate surface area is 314 Å². The second-order valence-electron chi connectivity index (χ2n) is 10.9. The molecule has 1 heterocycles. The fraction of sp³-hybridized carbons (Fsp3) is 0.0732. The Kier molecular flexibility index (Phi) is 12.9. The van der Waals surface area contributed by atoms with Crippen molar-refractivity contribution in [3.05, 3.63) is 151 Å². The Morgan fingerprint density at radius 2 is 1.39 bits per heavy atom. The van der Waals surface area contributed by atoms with E-state index in [-0.39, 0.29) is 52.5 Å². The third-order valence-electron chi connectivity index (χ3n) is 7.17. The molecule has 0 saturated heterocycles. The molecule has 12 nitrogen and oxygen atoms in total. The van der Waals surface area contributed by atoms with Crippen LogP contribution in [-0.4, -0.2) is 48.0 Å². The van der Waals surface area contributed by atoms with Gasteiger partial charge in [0.1, 0.15) is 11.5 Å². The zero-order valence-electron chi connectivity index (χ0n) is 28.4. The van der Waals surface area contributed by atoms with E-state index in [2.05, 4.69) is 42.1 Å². The molecule has 4 aromatic rings. The molecule has 1 unspecified atom stereocenters. The summed E-state index contributed by atoms with van der Waals surface area (Å²) >= 11 is 1.51. The minimum Gasteiger partial charge on any atom is -0.462 e. The molecular formula is C41H30N2O10S. The normalized spacial score (nSPS) is 12.5. The lowest BCUT2D eigenvalue weighted by Crippen LogP contribution is -2.20. The smallest absolute Gasteiger partial charge is 0.343 e. The fourth-order valence-electron chi connectivity index (χ4n) is 4.57. The third kappa shape index (κ3) is 10.4. The van der Waals surface area contributed by atoms with Gasteiger partial charge in [0, 0.05) is 40.7 Å². The maximum absolute atomic E-state index is 13.1. The van der Waals surface area contributed by atoms with Crippen LogP contribution in [0.5, 0.6) is 23.0 Å². The number of hydrogen-bond acceptors (Lipinski definition) is 13. The van der Waals surface area contributed by atoms with Gasteiger partial charge in [-0.1, -0.05) is 61.5 Å². The van der Waals surface area contributed by atoms with Crippen molar-refractivity contribution in [2.24, 2.45) is 5.10 Å². The summed E-state index contributed by atoms with van der Waals surface area (Å²) in [5.74, 6) is 2.67. The number of fused-ring (bicyclic) bond motifs is 1. The number of carbonyl (C=O) groups excluding carboxylic acids is 5. The molecule has 1 atom stereocenters. The summed E-state index contributed by atoms with van der Waals surface area (Å²) in [6, 6.07) is 22.4. The van der Waals surface area contributed by atoms with Crippen LogP contribution >= 0.6 is 11.8 Å². The zero-order chi connectivity index (χ0) is 38.5. The van der Waals surface area contributed by atoms with Crippen LogP contribution in [0.3, 0.4) is 0 Å². The van der Waals surface area contributed by atoms with Gasteiger partial charge in [-0.2, -0.15) is 5.10 Å². The van der Waals surface area contributed by atoms with Gasteiger partial charge in [-0.25, -0.2) is 24.0 Å². The summed E-state index contributed by atoms with van der Waals surface area (Å²) < 4.78 is 26.5. The van der Waals surface area contributed by atoms with Crippen molar-refractivity contribution in [2.75, 3.05) is 6.61 Å². The Morgan fingerprint density at radius 3 is 2.13 bits per heavy atom. The number of ether oxygens (including phenoxy) is 5. The van der Waals surface area contributed by atoms with Crippen LogP contribution in [0.2, 0.25) is 0 Å². The highest BCUT2D eigenvalue weighted by Crippen LogP contribution is 2.30. The lowest BCUT2D eigenvalue weighted by molar-refractivity contribution is -0.131. The molecule has 1 aliphatic heterocycles. The highest BCUT2D eigenvalue weighted by atomic mass is 32.2. The third-order valence-corrected chi connectivity index (χ3v) is 8.24. The standard InChI is InChI=1S/C41H30N2O10S/c1-4-37(44)50-31-16-12-28(13-17-31)41(48)53-32-18-11-26(23-30(32)25-42-43-36-20-15-27-9-7-8-10-35(27)54-36)21-22-49-40(47)29-14-19-33(51-38(45)5-2)34(24-29)52-39(46)6-3/h4-14,16-19,23-25,36,43H,1-3,21-22H2/b42-25+. The van der Waals surface area contributed by atoms with Crippen molar-refractivity contribution < 1.29 is 47.7 Å². The van der Waals surface area contributed by atoms with Crippen LogP contribution in [-0.2, 0) is 25.5 Å². The molecule has 0 bridgehead atoms. The van der Waals surface area contributed by atoms with Crippen molar-refractivity contribution >= 4 is 47.8 Å². The van der Waals surface area contributed by atoms with Gasteiger partial charge in [0.15, 0.2) is 16.9 Å². The van der Waals surface area contributed by atoms with Gasteiger partial charge < -0.3 is 23.7 Å². The minimum absolute atomic E-state index is 0.0274. The lowest BCUT2D eigenvalue weighted by atomic mass is 10.1. The second kappa shape index (κ2) is 18.4. The predicted molar refractivity (Wildman–Crippen MR) is 199 cm³/mol. The minimum atomic E-state index is -0.833. The summed E-state index contributed by atoms with van der Waals surface area (Å²) in [6.07, 6.45) is 4.62. The maximum Gasteiger partial charge on any atom is 0.343 e. The summed E-state index contributed by atoms with van der Waals surface area (Å²) in [7, 11) is 0. The average Bonchev–Trinajstić information content (AvgIpc) is 3.19. The molecule has 270 valence electrons. The number of hydrogen-bond donors (Lipinski definition) is 1. The first-order valence-corrected chi connectivity index (χ1v) is 16.9. The van der Waals surface area contributed by atoms with E-state index >= 15 is 0 Å².